The monoisotopic (exact) mass is 547 g/mol. The van der Waals surface area contributed by atoms with Crippen LogP contribution in [0.5, 0.6) is 0 Å². The van der Waals surface area contributed by atoms with Crippen LogP contribution >= 0.6 is 22.9 Å². The van der Waals surface area contributed by atoms with Gasteiger partial charge < -0.3 is 10.6 Å². The van der Waals surface area contributed by atoms with Gasteiger partial charge in [-0.2, -0.15) is 0 Å². The highest BCUT2D eigenvalue weighted by Gasteiger charge is 2.22. The summed E-state index contributed by atoms with van der Waals surface area (Å²) in [5, 5.41) is 5.96. The van der Waals surface area contributed by atoms with Gasteiger partial charge in [0.05, 0.1) is 20.9 Å². The fraction of sp³-hybridized carbons (Fsp3) is 0.174. The molecule has 3 N–H and O–H groups in total. The smallest absolute Gasteiger partial charge is 0.333 e. The fourth-order valence-electron chi connectivity index (χ4n) is 3.67. The zero-order valence-corrected chi connectivity index (χ0v) is 21.1. The maximum Gasteiger partial charge on any atom is 0.333 e. The van der Waals surface area contributed by atoms with Gasteiger partial charge in [-0.15, -0.1) is 11.3 Å². The number of aromatic nitrogens is 2. The molecule has 0 saturated heterocycles. The molecule has 1 saturated carbocycles. The highest BCUT2D eigenvalue weighted by atomic mass is 35.5. The zero-order chi connectivity index (χ0) is 25.6. The number of hydrogen-bond donors (Lipinski definition) is 3. The van der Waals surface area contributed by atoms with Crippen LogP contribution in [-0.4, -0.2) is 30.0 Å². The first-order chi connectivity index (χ1) is 17.1. The lowest BCUT2D eigenvalue weighted by Gasteiger charge is -2.14. The maximum atomic E-state index is 15.1. The maximum absolute atomic E-state index is 15.1. The number of nitrogens with one attached hydrogen (secondary N) is 3. The quantitative estimate of drug-likeness (QED) is 0.323. The average molecular weight is 548 g/mol. The van der Waals surface area contributed by atoms with Crippen LogP contribution in [0.15, 0.2) is 57.5 Å². The number of amides is 2. The van der Waals surface area contributed by atoms with E-state index in [9.17, 15) is 18.0 Å². The topological polar surface area (TPSA) is 122 Å². The summed E-state index contributed by atoms with van der Waals surface area (Å²) in [6.45, 7) is 1.60. The number of aryl methyl sites for hydroxylation is 1. The Kier molecular flexibility index (Phi) is 6.18. The molecule has 0 bridgehead atoms. The van der Waals surface area contributed by atoms with Gasteiger partial charge in [0, 0.05) is 17.4 Å². The third kappa shape index (κ3) is 4.92. The van der Waals surface area contributed by atoms with Crippen LogP contribution in [0.2, 0.25) is 4.34 Å². The van der Waals surface area contributed by atoms with Crippen molar-refractivity contribution in [2.24, 2.45) is 0 Å². The summed E-state index contributed by atoms with van der Waals surface area (Å²) < 4.78 is 42.7. The summed E-state index contributed by atoms with van der Waals surface area (Å²) in [4.78, 5) is 29.9. The van der Waals surface area contributed by atoms with Crippen LogP contribution in [0.3, 0.4) is 0 Å². The molecule has 1 aliphatic rings. The number of fused-ring (bicyclic) bond motifs is 1. The normalized spacial score (nSPS) is 13.5. The molecule has 0 atom stereocenters. The molecule has 2 heterocycles. The SMILES string of the molecule is Cc1nc2cc(NC3CC3)ccc2c(=O)n1-c1ccc(NC(=O)NS(=O)(=O)c2ccc(Cl)s2)cc1F. The van der Waals surface area contributed by atoms with Gasteiger partial charge in [-0.05, 0) is 68.3 Å². The number of anilines is 2. The third-order valence-corrected chi connectivity index (χ3v) is 8.53. The third-order valence-electron chi connectivity index (χ3n) is 5.47. The first kappa shape index (κ1) is 24.2. The molecule has 2 amide bonds. The number of urea groups is 1. The molecule has 0 aliphatic heterocycles. The fourth-order valence-corrected chi connectivity index (χ4v) is 6.06. The van der Waals surface area contributed by atoms with Gasteiger partial charge in [0.2, 0.25) is 0 Å². The molecule has 13 heteroatoms. The predicted molar refractivity (Wildman–Crippen MR) is 137 cm³/mol. The van der Waals surface area contributed by atoms with Crippen LogP contribution in [0.25, 0.3) is 16.6 Å². The summed E-state index contributed by atoms with van der Waals surface area (Å²) in [5.74, 6) is -0.520. The number of hydrogen-bond acceptors (Lipinski definition) is 7. The van der Waals surface area contributed by atoms with Crippen molar-refractivity contribution in [1.29, 1.82) is 0 Å². The van der Waals surface area contributed by atoms with Gasteiger partial charge in [-0.1, -0.05) is 11.6 Å². The number of benzene rings is 2. The number of sulfonamides is 1. The molecule has 0 unspecified atom stereocenters. The van der Waals surface area contributed by atoms with Crippen LogP contribution in [0.4, 0.5) is 20.6 Å². The first-order valence-electron chi connectivity index (χ1n) is 10.8. The number of rotatable bonds is 6. The van der Waals surface area contributed by atoms with E-state index in [2.05, 4.69) is 15.6 Å². The highest BCUT2D eigenvalue weighted by Crippen LogP contribution is 2.27. The standard InChI is InChI=1S/C23H19ClFN5O4S2/c1-12-26-18-11-15(27-13-2-3-13)4-6-16(18)22(31)30(12)19-7-5-14(10-17(19)25)28-23(32)29-36(33,34)21-9-8-20(24)35-21/h4-11,13,27H,2-3H2,1H3,(H2,28,29,32). The summed E-state index contributed by atoms with van der Waals surface area (Å²) in [5.41, 5.74) is 0.872. The Hall–Kier alpha value is -3.48. The van der Waals surface area contributed by atoms with Gasteiger partial charge in [0.1, 0.15) is 15.9 Å². The lowest BCUT2D eigenvalue weighted by atomic mass is 10.2. The first-order valence-corrected chi connectivity index (χ1v) is 13.5. The lowest BCUT2D eigenvalue weighted by Crippen LogP contribution is -2.34. The van der Waals surface area contributed by atoms with Crippen LogP contribution in [0.1, 0.15) is 18.7 Å². The average Bonchev–Trinajstić information content (AvgIpc) is 3.50. The molecule has 5 rings (SSSR count). The van der Waals surface area contributed by atoms with Crippen LogP contribution in [0, 0.1) is 12.7 Å². The van der Waals surface area contributed by atoms with Crippen LogP contribution in [-0.2, 0) is 10.0 Å². The lowest BCUT2D eigenvalue weighted by molar-refractivity contribution is 0.256. The van der Waals surface area contributed by atoms with Crippen molar-refractivity contribution in [2.45, 2.75) is 30.0 Å². The van der Waals surface area contributed by atoms with Gasteiger partial charge in [0.15, 0.2) is 0 Å². The molecular formula is C23H19ClFN5O4S2. The Morgan fingerprint density at radius 1 is 1.14 bits per heavy atom. The van der Waals surface area contributed by atoms with Gasteiger partial charge >= 0.3 is 6.03 Å². The van der Waals surface area contributed by atoms with Crippen LogP contribution < -0.4 is 20.9 Å². The largest absolute Gasteiger partial charge is 0.382 e. The molecule has 0 radical (unpaired) electrons. The highest BCUT2D eigenvalue weighted by molar-refractivity contribution is 7.92. The van der Waals surface area contributed by atoms with E-state index in [1.165, 1.54) is 24.3 Å². The predicted octanol–water partition coefficient (Wildman–Crippen LogP) is 4.63. The molecule has 1 fully saturated rings. The second-order valence-corrected chi connectivity index (χ2v) is 11.9. The molecular weight excluding hydrogens is 529 g/mol. The van der Waals surface area contributed by atoms with Crippen molar-refractivity contribution in [2.75, 3.05) is 10.6 Å². The molecule has 1 aliphatic carbocycles. The molecule has 36 heavy (non-hydrogen) atoms. The van der Waals surface area contributed by atoms with Gasteiger partial charge in [-0.3, -0.25) is 9.36 Å². The molecule has 186 valence electrons. The number of nitrogens with zero attached hydrogens (tertiary/aromatic N) is 2. The minimum absolute atomic E-state index is 0.0107. The molecule has 4 aromatic rings. The van der Waals surface area contributed by atoms with Gasteiger partial charge in [-0.25, -0.2) is 27.3 Å². The van der Waals surface area contributed by atoms with E-state index in [0.29, 0.717) is 16.9 Å². The molecule has 2 aromatic heterocycles. The summed E-state index contributed by atoms with van der Waals surface area (Å²) in [6.07, 6.45) is 2.22. The Morgan fingerprint density at radius 2 is 1.89 bits per heavy atom. The Balaban J connectivity index is 1.39. The van der Waals surface area contributed by atoms with Crippen molar-refractivity contribution < 1.29 is 17.6 Å². The van der Waals surface area contributed by atoms with E-state index in [0.717, 1.165) is 40.5 Å². The summed E-state index contributed by atoms with van der Waals surface area (Å²) >= 11 is 6.54. The number of halogens is 2. The van der Waals surface area contributed by atoms with Crippen molar-refractivity contribution in [1.82, 2.24) is 14.3 Å². The molecule has 9 nitrogen and oxygen atoms in total. The molecule has 0 spiro atoms. The summed E-state index contributed by atoms with van der Waals surface area (Å²) in [7, 11) is -4.14. The number of carbonyl (C=O) groups excluding carboxylic acids is 1. The van der Waals surface area contributed by atoms with E-state index in [1.54, 1.807) is 25.1 Å². The Morgan fingerprint density at radius 3 is 2.56 bits per heavy atom. The minimum Gasteiger partial charge on any atom is -0.382 e. The van der Waals surface area contributed by atoms with Crippen molar-refractivity contribution >= 4 is 61.3 Å². The summed E-state index contributed by atoms with van der Waals surface area (Å²) in [6, 6.07) is 10.9. The van der Waals surface area contributed by atoms with E-state index >= 15 is 4.39 Å². The van der Waals surface area contributed by atoms with E-state index in [-0.39, 0.29) is 25.7 Å². The molecule has 2 aromatic carbocycles. The second-order valence-electron chi connectivity index (χ2n) is 8.23. The minimum atomic E-state index is -4.14. The van der Waals surface area contributed by atoms with Crippen molar-refractivity contribution in [3.05, 3.63) is 74.9 Å². The van der Waals surface area contributed by atoms with E-state index in [4.69, 9.17) is 11.6 Å². The van der Waals surface area contributed by atoms with E-state index in [1.807, 2.05) is 4.72 Å². The Bertz CT molecular complexity index is 1680. The number of thiophene rings is 1. The number of carbonyl (C=O) groups is 1. The van der Waals surface area contributed by atoms with Crippen molar-refractivity contribution in [3.8, 4) is 5.69 Å². The van der Waals surface area contributed by atoms with Gasteiger partial charge in [0.25, 0.3) is 15.6 Å². The Labute approximate surface area is 214 Å². The zero-order valence-electron chi connectivity index (χ0n) is 18.7. The van der Waals surface area contributed by atoms with E-state index < -0.39 is 27.4 Å². The van der Waals surface area contributed by atoms with Crippen molar-refractivity contribution in [3.63, 3.8) is 0 Å². The second kappa shape index (κ2) is 9.19.